The van der Waals surface area contributed by atoms with Gasteiger partial charge in [-0.05, 0) is 30.5 Å². The molecule has 0 unspecified atom stereocenters. The lowest BCUT2D eigenvalue weighted by atomic mass is 10.3. The highest BCUT2D eigenvalue weighted by molar-refractivity contribution is 7.22. The molecular formula is C12H11ClN2OS. The van der Waals surface area contributed by atoms with Gasteiger partial charge < -0.3 is 5.32 Å². The molecule has 2 atom stereocenters. The van der Waals surface area contributed by atoms with Gasteiger partial charge in [-0.2, -0.15) is 0 Å². The lowest BCUT2D eigenvalue weighted by Gasteiger charge is -1.97. The van der Waals surface area contributed by atoms with E-state index >= 15 is 0 Å². The van der Waals surface area contributed by atoms with Crippen molar-refractivity contribution in [1.29, 1.82) is 0 Å². The number of anilines is 1. The quantitative estimate of drug-likeness (QED) is 0.903. The number of carbonyl (C=O) groups is 1. The Morgan fingerprint density at radius 2 is 2.35 bits per heavy atom. The first-order valence-electron chi connectivity index (χ1n) is 5.50. The summed E-state index contributed by atoms with van der Waals surface area (Å²) < 4.78 is 0.997. The Morgan fingerprint density at radius 3 is 3.06 bits per heavy atom. The van der Waals surface area contributed by atoms with Gasteiger partial charge >= 0.3 is 0 Å². The molecule has 88 valence electrons. The Balaban J connectivity index is 1.83. The van der Waals surface area contributed by atoms with Crippen molar-refractivity contribution in [3.05, 3.63) is 23.2 Å². The monoisotopic (exact) mass is 266 g/mol. The number of amides is 1. The number of thiazole rings is 1. The van der Waals surface area contributed by atoms with Crippen LogP contribution in [-0.4, -0.2) is 10.9 Å². The first-order valence-corrected chi connectivity index (χ1v) is 6.70. The summed E-state index contributed by atoms with van der Waals surface area (Å²) in [5, 5.41) is 4.22. The molecule has 17 heavy (non-hydrogen) atoms. The van der Waals surface area contributed by atoms with E-state index in [1.54, 1.807) is 6.07 Å². The third-order valence-corrected chi connectivity index (χ3v) is 4.20. The molecule has 1 aromatic carbocycles. The topological polar surface area (TPSA) is 42.0 Å². The van der Waals surface area contributed by atoms with Gasteiger partial charge in [0, 0.05) is 10.9 Å². The third-order valence-electron chi connectivity index (χ3n) is 3.03. The lowest BCUT2D eigenvalue weighted by Crippen LogP contribution is -2.14. The van der Waals surface area contributed by atoms with E-state index in [-0.39, 0.29) is 11.8 Å². The molecule has 1 heterocycles. The molecule has 1 aliphatic carbocycles. The first-order chi connectivity index (χ1) is 8.13. The first kappa shape index (κ1) is 11.0. The van der Waals surface area contributed by atoms with Crippen molar-refractivity contribution < 1.29 is 4.79 Å². The molecule has 1 fully saturated rings. The summed E-state index contributed by atoms with van der Waals surface area (Å²) in [6, 6.07) is 5.53. The van der Waals surface area contributed by atoms with E-state index in [1.807, 2.05) is 12.1 Å². The fourth-order valence-electron chi connectivity index (χ4n) is 1.84. The Kier molecular flexibility index (Phi) is 2.56. The van der Waals surface area contributed by atoms with Crippen LogP contribution in [0.3, 0.4) is 0 Å². The highest BCUT2D eigenvalue weighted by Gasteiger charge is 2.39. The number of nitrogens with one attached hydrogen (secondary N) is 1. The number of hydrogen-bond donors (Lipinski definition) is 1. The zero-order valence-corrected chi connectivity index (χ0v) is 10.8. The highest BCUT2D eigenvalue weighted by Crippen LogP contribution is 2.39. The van der Waals surface area contributed by atoms with Crippen molar-refractivity contribution in [3.63, 3.8) is 0 Å². The van der Waals surface area contributed by atoms with Gasteiger partial charge in [0.25, 0.3) is 0 Å². The van der Waals surface area contributed by atoms with Crippen molar-refractivity contribution in [1.82, 2.24) is 4.98 Å². The summed E-state index contributed by atoms with van der Waals surface area (Å²) in [6.07, 6.45) is 0.989. The number of carbonyl (C=O) groups excluding carboxylic acids is 1. The van der Waals surface area contributed by atoms with Crippen LogP contribution in [0.15, 0.2) is 18.2 Å². The molecule has 0 spiro atoms. The van der Waals surface area contributed by atoms with Crippen LogP contribution in [0.5, 0.6) is 0 Å². The second-order valence-corrected chi connectivity index (χ2v) is 5.91. The van der Waals surface area contributed by atoms with E-state index in [4.69, 9.17) is 11.6 Å². The normalized spacial score (nSPS) is 22.7. The number of halogens is 1. The van der Waals surface area contributed by atoms with Gasteiger partial charge in [0.05, 0.1) is 10.2 Å². The molecule has 0 saturated heterocycles. The number of rotatable bonds is 2. The van der Waals surface area contributed by atoms with Crippen molar-refractivity contribution in [2.75, 3.05) is 5.32 Å². The second-order valence-electron chi connectivity index (χ2n) is 4.44. The second kappa shape index (κ2) is 3.96. The predicted molar refractivity (Wildman–Crippen MR) is 70.5 cm³/mol. The molecule has 1 aliphatic rings. The average molecular weight is 267 g/mol. The maximum absolute atomic E-state index is 11.8. The predicted octanol–water partition coefficient (Wildman–Crippen LogP) is 3.54. The van der Waals surface area contributed by atoms with Crippen molar-refractivity contribution in [3.8, 4) is 0 Å². The maximum Gasteiger partial charge on any atom is 0.229 e. The van der Waals surface area contributed by atoms with E-state index in [0.29, 0.717) is 16.1 Å². The molecule has 0 bridgehead atoms. The molecule has 5 heteroatoms. The van der Waals surface area contributed by atoms with Gasteiger partial charge in [0.2, 0.25) is 5.91 Å². The number of hydrogen-bond acceptors (Lipinski definition) is 3. The van der Waals surface area contributed by atoms with Crippen molar-refractivity contribution >= 4 is 44.2 Å². The van der Waals surface area contributed by atoms with E-state index in [0.717, 1.165) is 16.6 Å². The molecule has 1 amide bonds. The molecule has 3 rings (SSSR count). The third kappa shape index (κ3) is 2.15. The van der Waals surface area contributed by atoms with Crippen molar-refractivity contribution in [2.24, 2.45) is 11.8 Å². The smallest absolute Gasteiger partial charge is 0.229 e. The van der Waals surface area contributed by atoms with Gasteiger partial charge in [-0.3, -0.25) is 4.79 Å². The molecule has 1 N–H and O–H groups in total. The Hall–Kier alpha value is -1.13. The van der Waals surface area contributed by atoms with E-state index in [9.17, 15) is 4.79 Å². The largest absolute Gasteiger partial charge is 0.302 e. The Morgan fingerprint density at radius 1 is 1.59 bits per heavy atom. The standard InChI is InChI=1S/C12H11ClN2OS/c1-6-4-8(6)11(16)15-12-14-9-3-2-7(13)5-10(9)17-12/h2-3,5-6,8H,4H2,1H3,(H,14,15,16)/t6-,8+/m1/s1. The van der Waals surface area contributed by atoms with Gasteiger partial charge in [-0.1, -0.05) is 29.9 Å². The fourth-order valence-corrected chi connectivity index (χ4v) is 2.98. The van der Waals surface area contributed by atoms with E-state index in [1.165, 1.54) is 11.3 Å². The zero-order valence-electron chi connectivity index (χ0n) is 9.24. The van der Waals surface area contributed by atoms with Crippen LogP contribution in [0.4, 0.5) is 5.13 Å². The van der Waals surface area contributed by atoms with Crippen LogP contribution >= 0.6 is 22.9 Å². The highest BCUT2D eigenvalue weighted by atomic mass is 35.5. The molecule has 2 aromatic rings. The van der Waals surface area contributed by atoms with E-state index < -0.39 is 0 Å². The number of fused-ring (bicyclic) bond motifs is 1. The van der Waals surface area contributed by atoms with Gasteiger partial charge in [0.1, 0.15) is 0 Å². The summed E-state index contributed by atoms with van der Waals surface area (Å²) in [5.74, 6) is 0.770. The summed E-state index contributed by atoms with van der Waals surface area (Å²) in [6.45, 7) is 2.09. The molecular weight excluding hydrogens is 256 g/mol. The molecule has 1 aromatic heterocycles. The Bertz CT molecular complexity index is 595. The summed E-state index contributed by atoms with van der Waals surface area (Å²) >= 11 is 7.36. The maximum atomic E-state index is 11.8. The zero-order chi connectivity index (χ0) is 12.0. The summed E-state index contributed by atoms with van der Waals surface area (Å²) in [7, 11) is 0. The molecule has 0 aliphatic heterocycles. The fraction of sp³-hybridized carbons (Fsp3) is 0.333. The minimum absolute atomic E-state index is 0.0858. The minimum Gasteiger partial charge on any atom is -0.302 e. The van der Waals surface area contributed by atoms with Crippen molar-refractivity contribution in [2.45, 2.75) is 13.3 Å². The number of benzene rings is 1. The summed E-state index contributed by atoms with van der Waals surface area (Å²) in [4.78, 5) is 16.1. The van der Waals surface area contributed by atoms with Gasteiger partial charge in [0.15, 0.2) is 5.13 Å². The van der Waals surface area contributed by atoms with Crippen LogP contribution in [0.1, 0.15) is 13.3 Å². The summed E-state index contributed by atoms with van der Waals surface area (Å²) in [5.41, 5.74) is 0.874. The van der Waals surface area contributed by atoms with Crippen LogP contribution in [0, 0.1) is 11.8 Å². The van der Waals surface area contributed by atoms with Crippen LogP contribution in [0.2, 0.25) is 5.02 Å². The number of aromatic nitrogens is 1. The molecule has 1 saturated carbocycles. The molecule has 0 radical (unpaired) electrons. The minimum atomic E-state index is 0.0858. The van der Waals surface area contributed by atoms with Crippen LogP contribution < -0.4 is 5.32 Å². The Labute approximate surface area is 108 Å². The van der Waals surface area contributed by atoms with Gasteiger partial charge in [-0.15, -0.1) is 0 Å². The average Bonchev–Trinajstić information content (AvgIpc) is 2.87. The van der Waals surface area contributed by atoms with Crippen LogP contribution in [0.25, 0.3) is 10.2 Å². The van der Waals surface area contributed by atoms with E-state index in [2.05, 4.69) is 17.2 Å². The number of nitrogens with zero attached hydrogens (tertiary/aromatic N) is 1. The van der Waals surface area contributed by atoms with Gasteiger partial charge in [-0.25, -0.2) is 4.98 Å². The SMILES string of the molecule is C[C@@H]1C[C@@H]1C(=O)Nc1nc2ccc(Cl)cc2s1. The molecule has 3 nitrogen and oxygen atoms in total. The van der Waals surface area contributed by atoms with Crippen LogP contribution in [-0.2, 0) is 4.79 Å². The lowest BCUT2D eigenvalue weighted by molar-refractivity contribution is -0.117.